The van der Waals surface area contributed by atoms with Gasteiger partial charge in [-0.1, -0.05) is 60.3 Å². The molecule has 22 heavy (non-hydrogen) atoms. The van der Waals surface area contributed by atoms with E-state index in [1.807, 2.05) is 54.7 Å². The number of allylic oxidation sites excluding steroid dienone is 1. The third kappa shape index (κ3) is 2.20. The van der Waals surface area contributed by atoms with Crippen molar-refractivity contribution < 1.29 is 4.79 Å². The van der Waals surface area contributed by atoms with Gasteiger partial charge in [-0.25, -0.2) is 0 Å². The normalized spacial score (nSPS) is 15.3. The maximum absolute atomic E-state index is 12.4. The Kier molecular flexibility index (Phi) is 3.20. The number of thioether (sulfide) groups is 1. The predicted octanol–water partition coefficient (Wildman–Crippen LogP) is 5.08. The summed E-state index contributed by atoms with van der Waals surface area (Å²) in [5.74, 6) is 0.0911. The monoisotopic (exact) mass is 303 g/mol. The number of benzene rings is 3. The van der Waals surface area contributed by atoms with Crippen LogP contribution in [0.4, 0.5) is 5.69 Å². The van der Waals surface area contributed by atoms with Crippen molar-refractivity contribution in [3.8, 4) is 0 Å². The third-order valence-electron chi connectivity index (χ3n) is 3.72. The smallest absolute Gasteiger partial charge is 0.202 e. The summed E-state index contributed by atoms with van der Waals surface area (Å²) in [7, 11) is 0. The Morgan fingerprint density at radius 1 is 0.864 bits per heavy atom. The Labute approximate surface area is 132 Å². The van der Waals surface area contributed by atoms with Gasteiger partial charge in [-0.05, 0) is 23.6 Å². The summed E-state index contributed by atoms with van der Waals surface area (Å²) < 4.78 is 0. The molecule has 0 aromatic heterocycles. The van der Waals surface area contributed by atoms with Gasteiger partial charge in [0.25, 0.3) is 0 Å². The molecule has 0 aliphatic carbocycles. The zero-order valence-corrected chi connectivity index (χ0v) is 12.6. The first-order valence-electron chi connectivity index (χ1n) is 7.09. The minimum Gasteiger partial charge on any atom is -0.360 e. The molecule has 1 aliphatic heterocycles. The first kappa shape index (κ1) is 13.2. The van der Waals surface area contributed by atoms with Gasteiger partial charge in [0.2, 0.25) is 5.78 Å². The number of rotatable bonds is 2. The van der Waals surface area contributed by atoms with Crippen LogP contribution >= 0.6 is 11.8 Å². The van der Waals surface area contributed by atoms with E-state index >= 15 is 0 Å². The molecule has 1 N–H and O–H groups in total. The first-order valence-corrected chi connectivity index (χ1v) is 7.90. The van der Waals surface area contributed by atoms with Crippen LogP contribution in [-0.4, -0.2) is 5.78 Å². The molecule has 0 radical (unpaired) electrons. The predicted molar refractivity (Wildman–Crippen MR) is 92.3 cm³/mol. The highest BCUT2D eigenvalue weighted by molar-refractivity contribution is 8.04. The zero-order valence-electron chi connectivity index (χ0n) is 11.7. The fourth-order valence-corrected chi connectivity index (χ4v) is 3.61. The van der Waals surface area contributed by atoms with Crippen molar-refractivity contribution in [1.82, 2.24) is 0 Å². The number of Topliss-reactive ketones (excluding diaryl/α,β-unsaturated/α-hetero) is 1. The lowest BCUT2D eigenvalue weighted by molar-refractivity contribution is 0.104. The molecule has 0 spiro atoms. The molecule has 0 amide bonds. The lowest BCUT2D eigenvalue weighted by Crippen LogP contribution is -1.97. The topological polar surface area (TPSA) is 29.1 Å². The standard InChI is InChI=1S/C19H13NOS/c21-19-15-9-3-4-11-17(15)22-18(19)12-20-16-10-5-7-13-6-1-2-8-14(13)16/h1-12,20H. The van der Waals surface area contributed by atoms with Crippen LogP contribution in [0.15, 0.2) is 82.7 Å². The van der Waals surface area contributed by atoms with Crippen molar-refractivity contribution in [3.63, 3.8) is 0 Å². The van der Waals surface area contributed by atoms with Gasteiger partial charge < -0.3 is 5.32 Å². The molecule has 0 saturated carbocycles. The molecule has 2 nitrogen and oxygen atoms in total. The van der Waals surface area contributed by atoms with E-state index in [1.165, 1.54) is 17.1 Å². The fourth-order valence-electron chi connectivity index (χ4n) is 2.63. The highest BCUT2D eigenvalue weighted by atomic mass is 32.2. The van der Waals surface area contributed by atoms with Crippen LogP contribution in [0.3, 0.4) is 0 Å². The van der Waals surface area contributed by atoms with Crippen LogP contribution < -0.4 is 5.32 Å². The van der Waals surface area contributed by atoms with Crippen LogP contribution in [-0.2, 0) is 0 Å². The Bertz CT molecular complexity index is 909. The number of hydrogen-bond donors (Lipinski definition) is 1. The van der Waals surface area contributed by atoms with Gasteiger partial charge in [0, 0.05) is 27.7 Å². The van der Waals surface area contributed by atoms with E-state index < -0.39 is 0 Å². The first-order chi connectivity index (χ1) is 10.8. The second-order valence-corrected chi connectivity index (χ2v) is 6.19. The van der Waals surface area contributed by atoms with E-state index in [2.05, 4.69) is 23.5 Å². The third-order valence-corrected chi connectivity index (χ3v) is 4.82. The van der Waals surface area contributed by atoms with E-state index in [4.69, 9.17) is 0 Å². The second-order valence-electron chi connectivity index (χ2n) is 5.11. The van der Waals surface area contributed by atoms with E-state index in [0.717, 1.165) is 26.4 Å². The molecule has 3 aromatic carbocycles. The van der Waals surface area contributed by atoms with E-state index in [0.29, 0.717) is 0 Å². The number of hydrogen-bond acceptors (Lipinski definition) is 3. The quantitative estimate of drug-likeness (QED) is 0.669. The largest absolute Gasteiger partial charge is 0.360 e. The molecule has 0 atom stereocenters. The van der Waals surface area contributed by atoms with Crippen molar-refractivity contribution >= 4 is 34.0 Å². The van der Waals surface area contributed by atoms with Gasteiger partial charge in [0.15, 0.2) is 0 Å². The van der Waals surface area contributed by atoms with Gasteiger partial charge in [-0.3, -0.25) is 4.79 Å². The molecular formula is C19H13NOS. The van der Waals surface area contributed by atoms with Crippen molar-refractivity contribution in [1.29, 1.82) is 0 Å². The summed E-state index contributed by atoms with van der Waals surface area (Å²) in [6.45, 7) is 0. The molecule has 106 valence electrons. The summed E-state index contributed by atoms with van der Waals surface area (Å²) in [5, 5.41) is 5.62. The number of anilines is 1. The second kappa shape index (κ2) is 5.35. The molecular weight excluding hydrogens is 290 g/mol. The minimum atomic E-state index is 0.0911. The van der Waals surface area contributed by atoms with Crippen molar-refractivity contribution in [3.05, 3.63) is 83.4 Å². The lowest BCUT2D eigenvalue weighted by atomic mass is 10.1. The molecule has 0 bridgehead atoms. The SMILES string of the molecule is O=C1C(=CNc2cccc3ccccc23)Sc2ccccc21. The van der Waals surface area contributed by atoms with E-state index in [-0.39, 0.29) is 5.78 Å². The molecule has 0 unspecified atom stereocenters. The number of fused-ring (bicyclic) bond motifs is 2. The summed E-state index contributed by atoms with van der Waals surface area (Å²) in [5.41, 5.74) is 1.80. The van der Waals surface area contributed by atoms with E-state index in [9.17, 15) is 4.79 Å². The number of carbonyl (C=O) groups is 1. The van der Waals surface area contributed by atoms with Crippen LogP contribution in [0.2, 0.25) is 0 Å². The van der Waals surface area contributed by atoms with E-state index in [1.54, 1.807) is 0 Å². The molecule has 0 fully saturated rings. The molecule has 3 aromatic rings. The Balaban J connectivity index is 1.67. The van der Waals surface area contributed by atoms with Crippen LogP contribution in [0.5, 0.6) is 0 Å². The number of ketones is 1. The highest BCUT2D eigenvalue weighted by Gasteiger charge is 2.25. The Morgan fingerprint density at radius 2 is 1.64 bits per heavy atom. The number of nitrogens with one attached hydrogen (secondary N) is 1. The van der Waals surface area contributed by atoms with Gasteiger partial charge in [0.1, 0.15) is 0 Å². The molecule has 1 aliphatic rings. The van der Waals surface area contributed by atoms with Gasteiger partial charge in [-0.15, -0.1) is 0 Å². The average molecular weight is 303 g/mol. The molecule has 4 rings (SSSR count). The van der Waals surface area contributed by atoms with Crippen molar-refractivity contribution in [2.75, 3.05) is 5.32 Å². The number of carbonyl (C=O) groups excluding carboxylic acids is 1. The fraction of sp³-hybridized carbons (Fsp3) is 0. The molecule has 0 saturated heterocycles. The maximum atomic E-state index is 12.4. The summed E-state index contributed by atoms with van der Waals surface area (Å²) in [6, 6.07) is 22.0. The Hall–Kier alpha value is -2.52. The summed E-state index contributed by atoms with van der Waals surface area (Å²) in [4.78, 5) is 14.1. The zero-order chi connectivity index (χ0) is 14.9. The van der Waals surface area contributed by atoms with Crippen molar-refractivity contribution in [2.24, 2.45) is 0 Å². The average Bonchev–Trinajstić information content (AvgIpc) is 2.89. The summed E-state index contributed by atoms with van der Waals surface area (Å²) in [6.07, 6.45) is 1.81. The maximum Gasteiger partial charge on any atom is 0.202 e. The van der Waals surface area contributed by atoms with Gasteiger partial charge in [0.05, 0.1) is 4.91 Å². The lowest BCUT2D eigenvalue weighted by Gasteiger charge is -2.06. The van der Waals surface area contributed by atoms with Crippen molar-refractivity contribution in [2.45, 2.75) is 4.90 Å². The van der Waals surface area contributed by atoms with Gasteiger partial charge in [-0.2, -0.15) is 0 Å². The minimum absolute atomic E-state index is 0.0911. The van der Waals surface area contributed by atoms with Gasteiger partial charge >= 0.3 is 0 Å². The molecule has 1 heterocycles. The van der Waals surface area contributed by atoms with Crippen LogP contribution in [0.1, 0.15) is 10.4 Å². The summed E-state index contributed by atoms with van der Waals surface area (Å²) >= 11 is 1.52. The Morgan fingerprint density at radius 3 is 2.55 bits per heavy atom. The molecule has 3 heteroatoms. The van der Waals surface area contributed by atoms with Crippen LogP contribution in [0.25, 0.3) is 10.8 Å². The van der Waals surface area contributed by atoms with Crippen LogP contribution in [0, 0.1) is 0 Å². The highest BCUT2D eigenvalue weighted by Crippen LogP contribution is 2.39.